The number of nitrogens with zero attached hydrogens (tertiary/aromatic N) is 1. The van der Waals surface area contributed by atoms with Crippen molar-refractivity contribution in [3.63, 3.8) is 0 Å². The van der Waals surface area contributed by atoms with Crippen molar-refractivity contribution in [2.24, 2.45) is 5.16 Å². The second-order valence-electron chi connectivity index (χ2n) is 7.24. The minimum atomic E-state index is -0.972. The standard InChI is InChI=1S/C27H25NO5/c1-32-25(27(29)30)19-21-12-10-20(11-13-21)7-5-6-18-33-24-16-14-23(15-17-24)26(28-31)22-8-3-2-4-9-22/h2-4,8-17,25,31H,7,18-19H2,1H3,(H,29,30). The summed E-state index contributed by atoms with van der Waals surface area (Å²) in [6.07, 6.45) is 0.0482. The Morgan fingerprint density at radius 2 is 1.55 bits per heavy atom. The lowest BCUT2D eigenvalue weighted by molar-refractivity contribution is -0.148. The lowest BCUT2D eigenvalue weighted by Gasteiger charge is -2.10. The van der Waals surface area contributed by atoms with E-state index in [1.165, 1.54) is 7.11 Å². The van der Waals surface area contributed by atoms with Crippen molar-refractivity contribution in [2.45, 2.75) is 18.9 Å². The monoisotopic (exact) mass is 443 g/mol. The molecular formula is C27H25NO5. The van der Waals surface area contributed by atoms with Crippen LogP contribution in [-0.2, 0) is 22.4 Å². The molecule has 3 rings (SSSR count). The molecule has 2 N–H and O–H groups in total. The number of oxime groups is 1. The van der Waals surface area contributed by atoms with Gasteiger partial charge in [0.15, 0.2) is 6.10 Å². The molecule has 3 aromatic carbocycles. The van der Waals surface area contributed by atoms with Crippen LogP contribution < -0.4 is 4.74 Å². The number of carbonyl (C=O) groups is 1. The molecule has 6 heteroatoms. The van der Waals surface area contributed by atoms with Crippen LogP contribution >= 0.6 is 0 Å². The SMILES string of the molecule is COC(Cc1ccc(CC#CCOc2ccc(C(=NO)c3ccccc3)cc2)cc1)C(=O)O. The molecule has 6 nitrogen and oxygen atoms in total. The summed E-state index contributed by atoms with van der Waals surface area (Å²) in [4.78, 5) is 11.1. The van der Waals surface area contributed by atoms with Gasteiger partial charge in [0.2, 0.25) is 0 Å². The van der Waals surface area contributed by atoms with Crippen LogP contribution in [0.1, 0.15) is 22.3 Å². The van der Waals surface area contributed by atoms with Crippen LogP contribution in [0, 0.1) is 11.8 Å². The van der Waals surface area contributed by atoms with Gasteiger partial charge in [0.25, 0.3) is 0 Å². The van der Waals surface area contributed by atoms with E-state index in [1.807, 2.05) is 78.9 Å². The first kappa shape index (κ1) is 23.6. The first-order valence-electron chi connectivity index (χ1n) is 10.4. The van der Waals surface area contributed by atoms with Crippen LogP contribution in [0.2, 0.25) is 0 Å². The number of carboxylic acids is 1. The van der Waals surface area contributed by atoms with Crippen LogP contribution in [0.4, 0.5) is 0 Å². The average molecular weight is 443 g/mol. The smallest absolute Gasteiger partial charge is 0.333 e. The van der Waals surface area contributed by atoms with Gasteiger partial charge in [0.1, 0.15) is 18.1 Å². The molecular weight excluding hydrogens is 418 g/mol. The van der Waals surface area contributed by atoms with E-state index in [0.29, 0.717) is 24.3 Å². The molecule has 0 heterocycles. The van der Waals surface area contributed by atoms with Crippen molar-refractivity contribution in [1.82, 2.24) is 0 Å². The van der Waals surface area contributed by atoms with Gasteiger partial charge in [-0.3, -0.25) is 0 Å². The third-order valence-electron chi connectivity index (χ3n) is 5.01. The quantitative estimate of drug-likeness (QED) is 0.224. The zero-order valence-corrected chi connectivity index (χ0v) is 18.3. The molecule has 0 aliphatic carbocycles. The average Bonchev–Trinajstić information content (AvgIpc) is 2.85. The predicted molar refractivity (Wildman–Crippen MR) is 126 cm³/mol. The van der Waals surface area contributed by atoms with E-state index in [2.05, 4.69) is 17.0 Å². The van der Waals surface area contributed by atoms with Crippen molar-refractivity contribution < 1.29 is 24.6 Å². The first-order chi connectivity index (χ1) is 16.1. The molecule has 0 saturated carbocycles. The molecule has 0 bridgehead atoms. The van der Waals surface area contributed by atoms with Gasteiger partial charge >= 0.3 is 5.97 Å². The van der Waals surface area contributed by atoms with E-state index in [0.717, 1.165) is 22.3 Å². The van der Waals surface area contributed by atoms with Crippen molar-refractivity contribution in [3.05, 3.63) is 101 Å². The number of rotatable bonds is 9. The molecule has 0 aliphatic heterocycles. The summed E-state index contributed by atoms with van der Waals surface area (Å²) in [7, 11) is 1.39. The van der Waals surface area contributed by atoms with Crippen molar-refractivity contribution >= 4 is 11.7 Å². The Hall–Kier alpha value is -4.08. The number of benzene rings is 3. The number of hydrogen-bond acceptors (Lipinski definition) is 5. The van der Waals surface area contributed by atoms with Crippen LogP contribution in [0.3, 0.4) is 0 Å². The van der Waals surface area contributed by atoms with Gasteiger partial charge in [-0.15, -0.1) is 0 Å². The molecule has 0 saturated heterocycles. The summed E-state index contributed by atoms with van der Waals surface area (Å²) < 4.78 is 10.6. The van der Waals surface area contributed by atoms with E-state index in [9.17, 15) is 10.0 Å². The van der Waals surface area contributed by atoms with Gasteiger partial charge in [-0.05, 0) is 35.4 Å². The van der Waals surface area contributed by atoms with Crippen LogP contribution in [-0.4, -0.2) is 41.8 Å². The molecule has 168 valence electrons. The number of ether oxygens (including phenoxy) is 2. The van der Waals surface area contributed by atoms with E-state index < -0.39 is 12.1 Å². The minimum Gasteiger partial charge on any atom is -0.481 e. The Morgan fingerprint density at radius 3 is 2.15 bits per heavy atom. The number of aliphatic carboxylic acids is 1. The molecule has 1 atom stereocenters. The largest absolute Gasteiger partial charge is 0.481 e. The molecule has 33 heavy (non-hydrogen) atoms. The Balaban J connectivity index is 1.48. The highest BCUT2D eigenvalue weighted by molar-refractivity contribution is 6.12. The van der Waals surface area contributed by atoms with Crippen molar-refractivity contribution in [2.75, 3.05) is 13.7 Å². The molecule has 0 aliphatic rings. The summed E-state index contributed by atoms with van der Waals surface area (Å²) in [5.74, 6) is 5.77. The highest BCUT2D eigenvalue weighted by atomic mass is 16.5. The lowest BCUT2D eigenvalue weighted by atomic mass is 10.0. The second-order valence-corrected chi connectivity index (χ2v) is 7.24. The third-order valence-corrected chi connectivity index (χ3v) is 5.01. The fourth-order valence-electron chi connectivity index (χ4n) is 3.20. The zero-order chi connectivity index (χ0) is 23.5. The van der Waals surface area contributed by atoms with Crippen LogP contribution in [0.5, 0.6) is 5.75 Å². The maximum Gasteiger partial charge on any atom is 0.333 e. The van der Waals surface area contributed by atoms with Crippen molar-refractivity contribution in [1.29, 1.82) is 0 Å². The number of hydrogen-bond donors (Lipinski definition) is 2. The number of carboxylic acid groups (broad SMARTS) is 1. The molecule has 3 aromatic rings. The fourth-order valence-corrected chi connectivity index (χ4v) is 3.20. The van der Waals surface area contributed by atoms with E-state index in [1.54, 1.807) is 0 Å². The van der Waals surface area contributed by atoms with E-state index in [-0.39, 0.29) is 6.61 Å². The Morgan fingerprint density at radius 1 is 0.909 bits per heavy atom. The Labute approximate surface area is 193 Å². The summed E-state index contributed by atoms with van der Waals surface area (Å²) in [5.41, 5.74) is 4.04. The Kier molecular flexibility index (Phi) is 8.63. The first-order valence-corrected chi connectivity index (χ1v) is 10.4. The van der Waals surface area contributed by atoms with E-state index >= 15 is 0 Å². The summed E-state index contributed by atoms with van der Waals surface area (Å²) in [6.45, 7) is 0.255. The predicted octanol–water partition coefficient (Wildman–Crippen LogP) is 4.18. The summed E-state index contributed by atoms with van der Waals surface area (Å²) >= 11 is 0. The zero-order valence-electron chi connectivity index (χ0n) is 18.3. The second kappa shape index (κ2) is 12.1. The maximum absolute atomic E-state index is 11.1. The molecule has 0 spiro atoms. The minimum absolute atomic E-state index is 0.255. The van der Waals surface area contributed by atoms with Crippen molar-refractivity contribution in [3.8, 4) is 17.6 Å². The maximum atomic E-state index is 11.1. The van der Waals surface area contributed by atoms with Gasteiger partial charge < -0.3 is 19.8 Å². The molecule has 0 amide bonds. The third kappa shape index (κ3) is 6.96. The summed E-state index contributed by atoms with van der Waals surface area (Å²) in [5, 5.41) is 21.9. The van der Waals surface area contributed by atoms with Gasteiger partial charge in [-0.2, -0.15) is 0 Å². The van der Waals surface area contributed by atoms with Gasteiger partial charge in [0, 0.05) is 31.1 Å². The molecule has 0 aromatic heterocycles. The van der Waals surface area contributed by atoms with Gasteiger partial charge in [-0.25, -0.2) is 4.79 Å². The van der Waals surface area contributed by atoms with Crippen LogP contribution in [0.15, 0.2) is 84.0 Å². The van der Waals surface area contributed by atoms with Gasteiger partial charge in [0.05, 0.1) is 0 Å². The normalized spacial score (nSPS) is 11.8. The highest BCUT2D eigenvalue weighted by Gasteiger charge is 2.16. The van der Waals surface area contributed by atoms with Gasteiger partial charge in [-0.1, -0.05) is 71.6 Å². The summed E-state index contributed by atoms with van der Waals surface area (Å²) in [6, 6.07) is 24.4. The van der Waals surface area contributed by atoms with E-state index in [4.69, 9.17) is 14.6 Å². The highest BCUT2D eigenvalue weighted by Crippen LogP contribution is 2.16. The lowest BCUT2D eigenvalue weighted by Crippen LogP contribution is -2.24. The fraction of sp³-hybridized carbons (Fsp3) is 0.185. The van der Waals surface area contributed by atoms with Crippen LogP contribution in [0.25, 0.3) is 0 Å². The Bertz CT molecular complexity index is 1130. The molecule has 1 unspecified atom stereocenters. The molecule has 0 fully saturated rings. The number of methoxy groups -OCH3 is 1. The topological polar surface area (TPSA) is 88.4 Å². The molecule has 0 radical (unpaired) electrons.